The summed E-state index contributed by atoms with van der Waals surface area (Å²) < 4.78 is 2.24. The van der Waals surface area contributed by atoms with Gasteiger partial charge in [0.2, 0.25) is 0 Å². The molecule has 2 N–H and O–H groups in total. The van der Waals surface area contributed by atoms with Gasteiger partial charge in [-0.25, -0.2) is 4.98 Å². The topological polar surface area (TPSA) is 43.8 Å². The van der Waals surface area contributed by atoms with Crippen molar-refractivity contribution < 1.29 is 0 Å². The van der Waals surface area contributed by atoms with E-state index in [2.05, 4.69) is 52.3 Å². The van der Waals surface area contributed by atoms with Gasteiger partial charge in [0.05, 0.1) is 17.2 Å². The van der Waals surface area contributed by atoms with Crippen LogP contribution in [0.5, 0.6) is 0 Å². The Morgan fingerprint density at radius 2 is 2.16 bits per heavy atom. The summed E-state index contributed by atoms with van der Waals surface area (Å²) in [5.41, 5.74) is 9.38. The van der Waals surface area contributed by atoms with E-state index in [0.29, 0.717) is 6.54 Å². The summed E-state index contributed by atoms with van der Waals surface area (Å²) in [4.78, 5) is 4.63. The normalized spacial score (nSPS) is 11.3. The summed E-state index contributed by atoms with van der Waals surface area (Å²) in [6.45, 7) is 3.53. The highest BCUT2D eigenvalue weighted by atomic mass is 32.1. The first-order valence-corrected chi connectivity index (χ1v) is 7.40. The summed E-state index contributed by atoms with van der Waals surface area (Å²) in [5, 5.41) is 4.59. The Kier molecular flexibility index (Phi) is 3.36. The second-order valence-electron chi connectivity index (χ2n) is 4.59. The Labute approximate surface area is 116 Å². The Bertz CT molecular complexity index is 696. The van der Waals surface area contributed by atoms with Gasteiger partial charge in [0.25, 0.3) is 0 Å². The Morgan fingerprint density at radius 1 is 1.32 bits per heavy atom. The summed E-state index contributed by atoms with van der Waals surface area (Å²) >= 11 is 1.74. The quantitative estimate of drug-likeness (QED) is 0.792. The van der Waals surface area contributed by atoms with Crippen molar-refractivity contribution in [3.8, 4) is 0 Å². The van der Waals surface area contributed by atoms with Crippen LogP contribution in [0.4, 0.5) is 0 Å². The van der Waals surface area contributed by atoms with E-state index in [1.165, 1.54) is 21.5 Å². The number of rotatable bonds is 4. The van der Waals surface area contributed by atoms with Crippen LogP contribution in [0.2, 0.25) is 0 Å². The maximum absolute atomic E-state index is 5.82. The fourth-order valence-electron chi connectivity index (χ4n) is 2.37. The zero-order valence-corrected chi connectivity index (χ0v) is 11.8. The molecule has 2 aromatic heterocycles. The van der Waals surface area contributed by atoms with Crippen LogP contribution in [0.1, 0.15) is 23.2 Å². The van der Waals surface area contributed by atoms with E-state index in [9.17, 15) is 0 Å². The summed E-state index contributed by atoms with van der Waals surface area (Å²) in [5.74, 6) is 0. The third-order valence-corrected chi connectivity index (χ3v) is 4.37. The number of benzene rings is 1. The van der Waals surface area contributed by atoms with E-state index < -0.39 is 0 Å². The van der Waals surface area contributed by atoms with Crippen LogP contribution in [0.3, 0.4) is 0 Å². The highest BCUT2D eigenvalue weighted by Gasteiger charge is 2.08. The van der Waals surface area contributed by atoms with Gasteiger partial charge in [-0.15, -0.1) is 11.3 Å². The van der Waals surface area contributed by atoms with E-state index in [0.717, 1.165) is 18.7 Å². The number of nitrogens with zero attached hydrogens (tertiary/aromatic N) is 2. The minimum atomic E-state index is 0.574. The van der Waals surface area contributed by atoms with Crippen molar-refractivity contribution in [2.24, 2.45) is 5.73 Å². The number of para-hydroxylation sites is 1. The number of aromatic nitrogens is 2. The van der Waals surface area contributed by atoms with Crippen molar-refractivity contribution >= 4 is 22.2 Å². The van der Waals surface area contributed by atoms with Crippen LogP contribution in [0.25, 0.3) is 10.9 Å². The van der Waals surface area contributed by atoms with Gasteiger partial charge in [-0.05, 0) is 18.1 Å². The van der Waals surface area contributed by atoms with E-state index in [1.54, 1.807) is 11.3 Å². The molecule has 0 atom stereocenters. The molecular weight excluding hydrogens is 254 g/mol. The second-order valence-corrected chi connectivity index (χ2v) is 5.53. The van der Waals surface area contributed by atoms with Crippen molar-refractivity contribution in [2.45, 2.75) is 26.4 Å². The lowest BCUT2D eigenvalue weighted by Gasteiger charge is -2.02. The molecule has 0 amide bonds. The van der Waals surface area contributed by atoms with Crippen molar-refractivity contribution in [1.29, 1.82) is 0 Å². The fourth-order valence-corrected chi connectivity index (χ4v) is 3.11. The average Bonchev–Trinajstić information content (AvgIpc) is 3.04. The lowest BCUT2D eigenvalue weighted by atomic mass is 10.2. The van der Waals surface area contributed by atoms with Gasteiger partial charge in [-0.2, -0.15) is 0 Å². The Morgan fingerprint density at radius 3 is 2.89 bits per heavy atom. The summed E-state index contributed by atoms with van der Waals surface area (Å²) in [7, 11) is 0. The first-order chi connectivity index (χ1) is 9.31. The van der Waals surface area contributed by atoms with Crippen molar-refractivity contribution in [3.05, 3.63) is 52.1 Å². The van der Waals surface area contributed by atoms with Crippen molar-refractivity contribution in [1.82, 2.24) is 9.55 Å². The maximum atomic E-state index is 5.82. The minimum absolute atomic E-state index is 0.574. The van der Waals surface area contributed by atoms with E-state index in [1.807, 2.05) is 0 Å². The minimum Gasteiger partial charge on any atom is -0.341 e. The molecule has 98 valence electrons. The third-order valence-electron chi connectivity index (χ3n) is 3.33. The largest absolute Gasteiger partial charge is 0.341 e. The zero-order chi connectivity index (χ0) is 13.2. The second kappa shape index (κ2) is 5.15. The monoisotopic (exact) mass is 271 g/mol. The first kappa shape index (κ1) is 12.4. The Balaban J connectivity index is 2.00. The molecule has 1 aromatic carbocycles. The molecular formula is C15H17N3S. The first-order valence-electron chi connectivity index (χ1n) is 6.52. The summed E-state index contributed by atoms with van der Waals surface area (Å²) in [6.07, 6.45) is 3.15. The molecule has 0 saturated heterocycles. The van der Waals surface area contributed by atoms with Gasteiger partial charge in [-0.3, -0.25) is 0 Å². The molecule has 0 bridgehead atoms. The van der Waals surface area contributed by atoms with Gasteiger partial charge in [-0.1, -0.05) is 25.1 Å². The van der Waals surface area contributed by atoms with E-state index in [4.69, 9.17) is 5.73 Å². The number of fused-ring (bicyclic) bond motifs is 1. The number of aryl methyl sites for hydroxylation is 1. The molecule has 3 rings (SSSR count). The van der Waals surface area contributed by atoms with E-state index in [-0.39, 0.29) is 0 Å². The van der Waals surface area contributed by atoms with Gasteiger partial charge in [0.1, 0.15) is 0 Å². The molecule has 3 aromatic rings. The fraction of sp³-hybridized carbons (Fsp3) is 0.267. The summed E-state index contributed by atoms with van der Waals surface area (Å²) in [6, 6.07) is 8.40. The van der Waals surface area contributed by atoms with E-state index >= 15 is 0 Å². The molecule has 0 aliphatic carbocycles. The Hall–Kier alpha value is -1.65. The molecule has 0 fully saturated rings. The lowest BCUT2D eigenvalue weighted by Crippen LogP contribution is -1.99. The lowest BCUT2D eigenvalue weighted by molar-refractivity contribution is 0.803. The smallest absolute Gasteiger partial charge is 0.0926 e. The molecule has 0 radical (unpaired) electrons. The SMILES string of the molecule is CCc1nc(Cn2cc(CN)c3ccccc32)cs1. The average molecular weight is 271 g/mol. The van der Waals surface area contributed by atoms with Gasteiger partial charge in [0, 0.05) is 29.0 Å². The molecule has 0 saturated carbocycles. The predicted molar refractivity (Wildman–Crippen MR) is 80.4 cm³/mol. The number of nitrogens with two attached hydrogens (primary N) is 1. The van der Waals surface area contributed by atoms with Crippen molar-refractivity contribution in [2.75, 3.05) is 0 Å². The molecule has 3 nitrogen and oxygen atoms in total. The standard InChI is InChI=1S/C15H17N3S/c1-2-15-17-12(10-19-15)9-18-8-11(7-16)13-5-3-4-6-14(13)18/h3-6,8,10H,2,7,9,16H2,1H3. The van der Waals surface area contributed by atoms with Crippen LogP contribution in [-0.2, 0) is 19.5 Å². The number of hydrogen-bond acceptors (Lipinski definition) is 3. The van der Waals surface area contributed by atoms with Crippen molar-refractivity contribution in [3.63, 3.8) is 0 Å². The third kappa shape index (κ3) is 2.29. The maximum Gasteiger partial charge on any atom is 0.0926 e. The van der Waals surface area contributed by atoms with Crippen LogP contribution >= 0.6 is 11.3 Å². The highest BCUT2D eigenvalue weighted by molar-refractivity contribution is 7.09. The number of hydrogen-bond donors (Lipinski definition) is 1. The van der Waals surface area contributed by atoms with Crippen LogP contribution < -0.4 is 5.73 Å². The number of thiazole rings is 1. The predicted octanol–water partition coefficient (Wildman–Crippen LogP) is 3.17. The molecule has 0 unspecified atom stereocenters. The van der Waals surface area contributed by atoms with Gasteiger partial charge >= 0.3 is 0 Å². The highest BCUT2D eigenvalue weighted by Crippen LogP contribution is 2.22. The molecule has 0 spiro atoms. The van der Waals surface area contributed by atoms with Crippen LogP contribution in [-0.4, -0.2) is 9.55 Å². The molecule has 0 aliphatic heterocycles. The molecule has 19 heavy (non-hydrogen) atoms. The molecule has 4 heteroatoms. The van der Waals surface area contributed by atoms with Gasteiger partial charge in [0.15, 0.2) is 0 Å². The van der Waals surface area contributed by atoms with Crippen LogP contribution in [0, 0.1) is 0 Å². The molecule has 0 aliphatic rings. The van der Waals surface area contributed by atoms with Crippen LogP contribution in [0.15, 0.2) is 35.8 Å². The zero-order valence-electron chi connectivity index (χ0n) is 11.0. The molecule has 2 heterocycles. The van der Waals surface area contributed by atoms with Gasteiger partial charge < -0.3 is 10.3 Å².